The zero-order chi connectivity index (χ0) is 12.2. The lowest BCUT2D eigenvalue weighted by atomic mass is 10.1. The molecule has 1 fully saturated rings. The highest BCUT2D eigenvalue weighted by molar-refractivity contribution is 7.89. The molecule has 0 aliphatic heterocycles. The molecule has 1 aliphatic rings. The molecule has 1 saturated carbocycles. The van der Waals surface area contributed by atoms with Gasteiger partial charge >= 0.3 is 0 Å². The predicted molar refractivity (Wildman–Crippen MR) is 66.6 cm³/mol. The lowest BCUT2D eigenvalue weighted by molar-refractivity contribution is 0.373. The Morgan fingerprint density at radius 1 is 1.38 bits per heavy atom. The Balaban J connectivity index is 2.54. The van der Waals surface area contributed by atoms with Crippen molar-refractivity contribution in [2.24, 2.45) is 11.7 Å². The summed E-state index contributed by atoms with van der Waals surface area (Å²) in [5, 5.41) is 0. The zero-order valence-corrected chi connectivity index (χ0v) is 11.2. The summed E-state index contributed by atoms with van der Waals surface area (Å²) in [6.07, 6.45) is 3.56. The van der Waals surface area contributed by atoms with Crippen molar-refractivity contribution in [3.8, 4) is 0 Å². The maximum absolute atomic E-state index is 12.1. The van der Waals surface area contributed by atoms with Gasteiger partial charge in [-0.1, -0.05) is 13.8 Å². The molecule has 0 saturated heterocycles. The van der Waals surface area contributed by atoms with Crippen LogP contribution in [-0.2, 0) is 10.0 Å². The second kappa shape index (κ2) is 5.98. The number of hydrogen-bond acceptors (Lipinski definition) is 3. The summed E-state index contributed by atoms with van der Waals surface area (Å²) < 4.78 is 25.8. The second-order valence-electron chi connectivity index (χ2n) is 4.98. The van der Waals surface area contributed by atoms with E-state index in [1.807, 2.05) is 0 Å². The Labute approximate surface area is 99.2 Å². The van der Waals surface area contributed by atoms with Crippen molar-refractivity contribution in [1.82, 2.24) is 4.31 Å². The van der Waals surface area contributed by atoms with Gasteiger partial charge in [0.2, 0.25) is 10.0 Å². The molecule has 16 heavy (non-hydrogen) atoms. The van der Waals surface area contributed by atoms with Crippen molar-refractivity contribution < 1.29 is 8.42 Å². The van der Waals surface area contributed by atoms with Crippen LogP contribution < -0.4 is 5.73 Å². The summed E-state index contributed by atoms with van der Waals surface area (Å²) in [4.78, 5) is 0. The molecule has 0 bridgehead atoms. The molecule has 0 aromatic heterocycles. The zero-order valence-electron chi connectivity index (χ0n) is 10.4. The third kappa shape index (κ3) is 4.39. The van der Waals surface area contributed by atoms with E-state index in [-0.39, 0.29) is 11.8 Å². The smallest absolute Gasteiger partial charge is 0.214 e. The molecule has 5 heteroatoms. The number of sulfonamides is 1. The summed E-state index contributed by atoms with van der Waals surface area (Å²) in [5.41, 5.74) is 5.37. The first kappa shape index (κ1) is 13.9. The molecule has 0 amide bonds. The molecule has 0 aromatic rings. The third-order valence-corrected chi connectivity index (χ3v) is 4.84. The van der Waals surface area contributed by atoms with Gasteiger partial charge in [-0.05, 0) is 38.1 Å². The average Bonchev–Trinajstić information content (AvgIpc) is 2.98. The van der Waals surface area contributed by atoms with Crippen molar-refractivity contribution in [3.05, 3.63) is 0 Å². The Morgan fingerprint density at radius 2 is 2.00 bits per heavy atom. The molecule has 0 spiro atoms. The fourth-order valence-corrected chi connectivity index (χ4v) is 3.49. The minimum Gasteiger partial charge on any atom is -0.330 e. The van der Waals surface area contributed by atoms with Crippen LogP contribution in [0, 0.1) is 5.92 Å². The average molecular weight is 248 g/mol. The van der Waals surface area contributed by atoms with Crippen LogP contribution in [0.5, 0.6) is 0 Å². The second-order valence-corrected chi connectivity index (χ2v) is 7.02. The van der Waals surface area contributed by atoms with E-state index in [9.17, 15) is 8.42 Å². The highest BCUT2D eigenvalue weighted by Crippen LogP contribution is 2.30. The van der Waals surface area contributed by atoms with E-state index in [0.717, 1.165) is 19.3 Å². The van der Waals surface area contributed by atoms with Crippen LogP contribution in [0.4, 0.5) is 0 Å². The maximum atomic E-state index is 12.1. The van der Waals surface area contributed by atoms with Crippen LogP contribution >= 0.6 is 0 Å². The largest absolute Gasteiger partial charge is 0.330 e. The summed E-state index contributed by atoms with van der Waals surface area (Å²) in [7, 11) is -3.06. The molecule has 0 radical (unpaired) electrons. The van der Waals surface area contributed by atoms with E-state index in [1.54, 1.807) is 4.31 Å². The van der Waals surface area contributed by atoms with Gasteiger partial charge in [-0.25, -0.2) is 8.42 Å². The number of nitrogens with zero attached hydrogens (tertiary/aromatic N) is 1. The molecular formula is C11H24N2O2S. The monoisotopic (exact) mass is 248 g/mol. The molecule has 1 rings (SSSR count). The van der Waals surface area contributed by atoms with Crippen LogP contribution in [0.25, 0.3) is 0 Å². The summed E-state index contributed by atoms with van der Waals surface area (Å²) in [6, 6.07) is 0.279. The fourth-order valence-electron chi connectivity index (χ4n) is 1.68. The van der Waals surface area contributed by atoms with Gasteiger partial charge in [-0.2, -0.15) is 4.31 Å². The lowest BCUT2D eigenvalue weighted by Crippen LogP contribution is -2.36. The van der Waals surface area contributed by atoms with Crippen LogP contribution in [0.3, 0.4) is 0 Å². The maximum Gasteiger partial charge on any atom is 0.214 e. The highest BCUT2D eigenvalue weighted by atomic mass is 32.2. The third-order valence-electron chi connectivity index (χ3n) is 2.84. The summed E-state index contributed by atoms with van der Waals surface area (Å²) in [6.45, 7) is 5.37. The Morgan fingerprint density at radius 3 is 2.44 bits per heavy atom. The Kier molecular flexibility index (Phi) is 5.21. The van der Waals surface area contributed by atoms with Crippen LogP contribution in [0.15, 0.2) is 0 Å². The standard InChI is InChI=1S/C11H24N2O2S/c1-10(2)6-8-13(11-4-5-11)16(14,15)9-3-7-12/h10-11H,3-9,12H2,1-2H3. The first-order valence-electron chi connectivity index (χ1n) is 6.17. The molecule has 0 atom stereocenters. The van der Waals surface area contributed by atoms with Crippen LogP contribution in [-0.4, -0.2) is 37.6 Å². The van der Waals surface area contributed by atoms with Gasteiger partial charge < -0.3 is 5.73 Å². The summed E-state index contributed by atoms with van der Waals surface area (Å²) >= 11 is 0. The van der Waals surface area contributed by atoms with Gasteiger partial charge in [0.15, 0.2) is 0 Å². The van der Waals surface area contributed by atoms with Crippen LogP contribution in [0.1, 0.15) is 39.5 Å². The van der Waals surface area contributed by atoms with Crippen molar-refractivity contribution in [3.63, 3.8) is 0 Å². The molecule has 2 N–H and O–H groups in total. The normalized spacial score (nSPS) is 17.3. The molecule has 4 nitrogen and oxygen atoms in total. The van der Waals surface area contributed by atoms with Gasteiger partial charge in [-0.3, -0.25) is 0 Å². The minimum atomic E-state index is -3.06. The van der Waals surface area contributed by atoms with E-state index < -0.39 is 10.0 Å². The first-order chi connectivity index (χ1) is 7.47. The first-order valence-corrected chi connectivity index (χ1v) is 7.78. The van der Waals surface area contributed by atoms with Gasteiger partial charge in [0, 0.05) is 12.6 Å². The van der Waals surface area contributed by atoms with Crippen molar-refractivity contribution in [2.75, 3.05) is 18.8 Å². The number of hydrogen-bond donors (Lipinski definition) is 1. The molecule has 0 unspecified atom stereocenters. The molecule has 1 aliphatic carbocycles. The summed E-state index contributed by atoms with van der Waals surface area (Å²) in [5.74, 6) is 0.754. The van der Waals surface area contributed by atoms with Gasteiger partial charge in [0.1, 0.15) is 0 Å². The molecular weight excluding hydrogens is 224 g/mol. The lowest BCUT2D eigenvalue weighted by Gasteiger charge is -2.22. The quantitative estimate of drug-likeness (QED) is 0.701. The predicted octanol–water partition coefficient (Wildman–Crippen LogP) is 1.18. The van der Waals surface area contributed by atoms with Gasteiger partial charge in [0.05, 0.1) is 5.75 Å². The van der Waals surface area contributed by atoms with Gasteiger partial charge in [0.25, 0.3) is 0 Å². The van der Waals surface area contributed by atoms with E-state index in [2.05, 4.69) is 13.8 Å². The van der Waals surface area contributed by atoms with Gasteiger partial charge in [-0.15, -0.1) is 0 Å². The van der Waals surface area contributed by atoms with Crippen molar-refractivity contribution in [2.45, 2.75) is 45.6 Å². The van der Waals surface area contributed by atoms with Crippen molar-refractivity contribution in [1.29, 1.82) is 0 Å². The molecule has 0 aromatic carbocycles. The topological polar surface area (TPSA) is 63.4 Å². The highest BCUT2D eigenvalue weighted by Gasteiger charge is 2.36. The van der Waals surface area contributed by atoms with Crippen molar-refractivity contribution >= 4 is 10.0 Å². The van der Waals surface area contributed by atoms with E-state index in [4.69, 9.17) is 5.73 Å². The van der Waals surface area contributed by atoms with Crippen LogP contribution in [0.2, 0.25) is 0 Å². The SMILES string of the molecule is CC(C)CCN(C1CC1)S(=O)(=O)CCCN. The number of rotatable bonds is 8. The Bertz CT molecular complexity index is 297. The Hall–Kier alpha value is -0.130. The van der Waals surface area contributed by atoms with E-state index in [1.165, 1.54) is 0 Å². The minimum absolute atomic E-state index is 0.206. The van der Waals surface area contributed by atoms with E-state index in [0.29, 0.717) is 25.4 Å². The van der Waals surface area contributed by atoms with E-state index >= 15 is 0 Å². The number of nitrogens with two attached hydrogens (primary N) is 1. The molecule has 0 heterocycles. The molecule has 96 valence electrons. The fraction of sp³-hybridized carbons (Fsp3) is 1.00.